The fourth-order valence-corrected chi connectivity index (χ4v) is 7.77. The summed E-state index contributed by atoms with van der Waals surface area (Å²) in [6.07, 6.45) is 5.22. The van der Waals surface area contributed by atoms with Crippen LogP contribution in [0, 0.1) is 6.92 Å². The van der Waals surface area contributed by atoms with E-state index in [-0.39, 0.29) is 35.5 Å². The minimum absolute atomic E-state index is 0.0195. The minimum atomic E-state index is -4.22. The second kappa shape index (κ2) is 15.8. The van der Waals surface area contributed by atoms with Crippen LogP contribution in [0.25, 0.3) is 0 Å². The number of nitrogens with zero attached hydrogens (tertiary/aromatic N) is 2. The van der Waals surface area contributed by atoms with Crippen LogP contribution < -0.4 is 9.62 Å². The molecule has 1 aliphatic rings. The van der Waals surface area contributed by atoms with E-state index in [0.29, 0.717) is 15.6 Å². The van der Waals surface area contributed by atoms with Crippen molar-refractivity contribution in [1.29, 1.82) is 0 Å². The first-order valence-corrected chi connectivity index (χ1v) is 18.0. The molecule has 5 rings (SSSR count). The molecule has 4 aromatic carbocycles. The van der Waals surface area contributed by atoms with Crippen LogP contribution >= 0.6 is 23.2 Å². The Hall–Kier alpha value is -3.85. The third-order valence-electron chi connectivity index (χ3n) is 8.61. The fraction of sp³-hybridized carbons (Fsp3) is 0.297. The highest BCUT2D eigenvalue weighted by atomic mass is 35.5. The number of hydrogen-bond donors (Lipinski definition) is 1. The second-order valence-electron chi connectivity index (χ2n) is 11.9. The third-order valence-corrected chi connectivity index (χ3v) is 11.0. The molecule has 1 fully saturated rings. The highest BCUT2D eigenvalue weighted by molar-refractivity contribution is 7.92. The number of benzene rings is 4. The van der Waals surface area contributed by atoms with Gasteiger partial charge in [0.15, 0.2) is 0 Å². The molecule has 10 heteroatoms. The summed E-state index contributed by atoms with van der Waals surface area (Å²) in [7, 11) is -4.22. The Morgan fingerprint density at radius 3 is 2.11 bits per heavy atom. The van der Waals surface area contributed by atoms with E-state index in [1.165, 1.54) is 17.0 Å². The Morgan fingerprint density at radius 2 is 1.45 bits per heavy atom. The van der Waals surface area contributed by atoms with Gasteiger partial charge in [0.2, 0.25) is 11.8 Å². The number of carbonyl (C=O) groups excluding carboxylic acids is 2. The molecular formula is C37H39Cl2N3O4S. The van der Waals surface area contributed by atoms with Gasteiger partial charge in [0.25, 0.3) is 10.0 Å². The number of halogens is 2. The summed E-state index contributed by atoms with van der Waals surface area (Å²) in [6.45, 7) is 1.24. The highest BCUT2D eigenvalue weighted by Crippen LogP contribution is 2.31. The first kappa shape index (κ1) is 34.5. The van der Waals surface area contributed by atoms with Gasteiger partial charge in [-0.3, -0.25) is 13.9 Å². The molecule has 0 heterocycles. The smallest absolute Gasteiger partial charge is 0.264 e. The van der Waals surface area contributed by atoms with E-state index in [0.717, 1.165) is 47.5 Å². The second-order valence-corrected chi connectivity index (χ2v) is 14.6. The largest absolute Gasteiger partial charge is 0.352 e. The summed E-state index contributed by atoms with van der Waals surface area (Å²) >= 11 is 12.7. The first-order chi connectivity index (χ1) is 22.6. The van der Waals surface area contributed by atoms with Crippen LogP contribution in [0.2, 0.25) is 10.0 Å². The van der Waals surface area contributed by atoms with Crippen LogP contribution in [-0.2, 0) is 32.6 Å². The molecule has 47 heavy (non-hydrogen) atoms. The van der Waals surface area contributed by atoms with Gasteiger partial charge in [-0.15, -0.1) is 0 Å². The molecule has 2 amide bonds. The van der Waals surface area contributed by atoms with Gasteiger partial charge in [-0.2, -0.15) is 0 Å². The topological polar surface area (TPSA) is 86.8 Å². The predicted octanol–water partition coefficient (Wildman–Crippen LogP) is 7.59. The first-order valence-electron chi connectivity index (χ1n) is 15.8. The summed E-state index contributed by atoms with van der Waals surface area (Å²) in [5, 5.41) is 4.14. The minimum Gasteiger partial charge on any atom is -0.352 e. The quantitative estimate of drug-likeness (QED) is 0.166. The molecule has 0 unspecified atom stereocenters. The van der Waals surface area contributed by atoms with E-state index in [1.807, 2.05) is 30.3 Å². The standard InChI is InChI=1S/C37H39Cl2N3O4S/c1-27-33(39)18-11-19-34(27)42(47(45,46)32-16-9-4-10-17-32)26-36(43)41(25-29-20-22-30(38)23-21-29)35(24-28-12-5-2-6-13-28)37(44)40-31-14-7-3-8-15-31/h2,4-6,9-13,16-23,31,35H,3,7-8,14-15,24-26H2,1H3,(H,40,44)/t35-/m0/s1. The number of hydrogen-bond acceptors (Lipinski definition) is 4. The average molecular weight is 693 g/mol. The van der Waals surface area contributed by atoms with Gasteiger partial charge < -0.3 is 10.2 Å². The van der Waals surface area contributed by atoms with Crippen LogP contribution in [0.15, 0.2) is 108 Å². The van der Waals surface area contributed by atoms with Crippen LogP contribution in [0.3, 0.4) is 0 Å². The Labute approximate surface area is 287 Å². The van der Waals surface area contributed by atoms with Crippen LogP contribution in [0.5, 0.6) is 0 Å². The zero-order valence-corrected chi connectivity index (χ0v) is 28.6. The molecule has 0 aromatic heterocycles. The van der Waals surface area contributed by atoms with Gasteiger partial charge in [-0.05, 0) is 72.9 Å². The van der Waals surface area contributed by atoms with E-state index < -0.39 is 28.5 Å². The van der Waals surface area contributed by atoms with Crippen molar-refractivity contribution in [3.63, 3.8) is 0 Å². The molecule has 7 nitrogen and oxygen atoms in total. The van der Waals surface area contributed by atoms with Gasteiger partial charge in [0.1, 0.15) is 12.6 Å². The molecule has 1 aliphatic carbocycles. The summed E-state index contributed by atoms with van der Waals surface area (Å²) in [5.74, 6) is -0.793. The lowest BCUT2D eigenvalue weighted by Crippen LogP contribution is -2.55. The Morgan fingerprint density at radius 1 is 0.809 bits per heavy atom. The van der Waals surface area contributed by atoms with Gasteiger partial charge in [0.05, 0.1) is 10.6 Å². The molecule has 0 radical (unpaired) electrons. The molecule has 4 aromatic rings. The average Bonchev–Trinajstić information content (AvgIpc) is 3.08. The third kappa shape index (κ3) is 8.74. The summed E-state index contributed by atoms with van der Waals surface area (Å²) in [4.78, 5) is 30.4. The SMILES string of the molecule is Cc1c(Cl)cccc1N(CC(=O)N(Cc1ccc(Cl)cc1)[C@@H](Cc1ccccc1)C(=O)NC1CCCCC1)S(=O)(=O)c1ccccc1. The lowest BCUT2D eigenvalue weighted by molar-refractivity contribution is -0.140. The lowest BCUT2D eigenvalue weighted by atomic mass is 9.94. The number of rotatable bonds is 12. The maximum atomic E-state index is 14.7. The number of nitrogens with one attached hydrogen (secondary N) is 1. The van der Waals surface area contributed by atoms with Crippen molar-refractivity contribution in [2.24, 2.45) is 0 Å². The molecule has 1 saturated carbocycles. The van der Waals surface area contributed by atoms with Crippen molar-refractivity contribution in [3.8, 4) is 0 Å². The van der Waals surface area contributed by atoms with Crippen molar-refractivity contribution >= 4 is 50.7 Å². The van der Waals surface area contributed by atoms with Crippen molar-refractivity contribution in [3.05, 3.63) is 130 Å². The van der Waals surface area contributed by atoms with Crippen LogP contribution in [0.4, 0.5) is 5.69 Å². The molecule has 1 N–H and O–H groups in total. The molecule has 0 aliphatic heterocycles. The monoisotopic (exact) mass is 691 g/mol. The zero-order chi connectivity index (χ0) is 33.4. The molecular weight excluding hydrogens is 653 g/mol. The normalized spacial score (nSPS) is 14.3. The van der Waals surface area contributed by atoms with Crippen molar-refractivity contribution < 1.29 is 18.0 Å². The van der Waals surface area contributed by atoms with Gasteiger partial charge in [0, 0.05) is 29.1 Å². The Kier molecular flexibility index (Phi) is 11.6. The van der Waals surface area contributed by atoms with Crippen molar-refractivity contribution in [1.82, 2.24) is 10.2 Å². The van der Waals surface area contributed by atoms with Crippen molar-refractivity contribution in [2.45, 2.75) is 69.0 Å². The maximum absolute atomic E-state index is 14.7. The molecule has 0 bridgehead atoms. The van der Waals surface area contributed by atoms with Crippen LogP contribution in [-0.4, -0.2) is 43.8 Å². The highest BCUT2D eigenvalue weighted by Gasteiger charge is 2.36. The summed E-state index contributed by atoms with van der Waals surface area (Å²) in [5.41, 5.74) is 2.43. The molecule has 0 saturated heterocycles. The number of carbonyl (C=O) groups is 2. The maximum Gasteiger partial charge on any atom is 0.264 e. The lowest BCUT2D eigenvalue weighted by Gasteiger charge is -2.35. The van der Waals surface area contributed by atoms with E-state index >= 15 is 0 Å². The van der Waals surface area contributed by atoms with Crippen molar-refractivity contribution in [2.75, 3.05) is 10.8 Å². The van der Waals surface area contributed by atoms with Gasteiger partial charge in [-0.1, -0.05) is 109 Å². The van der Waals surface area contributed by atoms with Gasteiger partial charge >= 0.3 is 0 Å². The number of anilines is 1. The van der Waals surface area contributed by atoms with Crippen LogP contribution in [0.1, 0.15) is 48.8 Å². The van der Waals surface area contributed by atoms with E-state index in [1.54, 1.807) is 67.6 Å². The molecule has 1 atom stereocenters. The Bertz CT molecular complexity index is 1760. The van der Waals surface area contributed by atoms with E-state index in [2.05, 4.69) is 5.32 Å². The fourth-order valence-electron chi connectivity index (χ4n) is 5.98. The van der Waals surface area contributed by atoms with Gasteiger partial charge in [-0.25, -0.2) is 8.42 Å². The summed E-state index contributed by atoms with van der Waals surface area (Å²) in [6, 6.07) is 28.7. The predicted molar refractivity (Wildman–Crippen MR) is 188 cm³/mol. The Balaban J connectivity index is 1.58. The van der Waals surface area contributed by atoms with E-state index in [9.17, 15) is 18.0 Å². The van der Waals surface area contributed by atoms with E-state index in [4.69, 9.17) is 23.2 Å². The molecule has 0 spiro atoms. The molecule has 246 valence electrons. The summed E-state index contributed by atoms with van der Waals surface area (Å²) < 4.78 is 29.5. The zero-order valence-electron chi connectivity index (χ0n) is 26.3. The number of amides is 2. The number of sulfonamides is 1.